The first-order chi connectivity index (χ1) is 8.35. The van der Waals surface area contributed by atoms with Crippen molar-refractivity contribution in [3.05, 3.63) is 30.6 Å². The molecule has 2 aromatic heterocycles. The minimum atomic E-state index is 0.511. The lowest BCUT2D eigenvalue weighted by atomic mass is 10.4. The predicted octanol–water partition coefficient (Wildman–Crippen LogP) is 0.562. The van der Waals surface area contributed by atoms with Gasteiger partial charge < -0.3 is 10.5 Å². The molecule has 6 nitrogen and oxygen atoms in total. The topological polar surface area (TPSA) is 78.8 Å². The smallest absolute Gasteiger partial charge is 0.234 e. The highest BCUT2D eigenvalue weighted by molar-refractivity contribution is 5.24. The molecule has 0 aliphatic heterocycles. The van der Waals surface area contributed by atoms with Crippen molar-refractivity contribution in [1.82, 2.24) is 19.5 Å². The Kier molecular flexibility index (Phi) is 3.66. The van der Waals surface area contributed by atoms with Crippen LogP contribution >= 0.6 is 0 Å². The highest BCUT2D eigenvalue weighted by Crippen LogP contribution is 2.11. The number of rotatable bonds is 5. The number of hydrogen-bond donors (Lipinski definition) is 1. The van der Waals surface area contributed by atoms with Gasteiger partial charge in [0.05, 0.1) is 19.0 Å². The molecule has 0 bridgehead atoms. The van der Waals surface area contributed by atoms with Crippen LogP contribution in [0.4, 0.5) is 0 Å². The first-order valence-electron chi connectivity index (χ1n) is 5.52. The molecule has 2 heterocycles. The van der Waals surface area contributed by atoms with Crippen LogP contribution in [0.3, 0.4) is 0 Å². The number of nitrogens with two attached hydrogens (primary N) is 1. The molecule has 2 aromatic rings. The molecule has 90 valence electrons. The summed E-state index contributed by atoms with van der Waals surface area (Å²) >= 11 is 0. The lowest BCUT2D eigenvalue weighted by molar-refractivity contribution is 0.325. The second-order valence-corrected chi connectivity index (χ2v) is 3.40. The zero-order valence-corrected chi connectivity index (χ0v) is 9.71. The quantitative estimate of drug-likeness (QED) is 0.816. The predicted molar refractivity (Wildman–Crippen MR) is 63.1 cm³/mol. The average molecular weight is 233 g/mol. The first-order valence-corrected chi connectivity index (χ1v) is 5.52. The second kappa shape index (κ2) is 5.40. The van der Waals surface area contributed by atoms with Crippen LogP contribution in [0.15, 0.2) is 24.8 Å². The number of imidazole rings is 1. The van der Waals surface area contributed by atoms with Crippen molar-refractivity contribution >= 4 is 0 Å². The van der Waals surface area contributed by atoms with Crippen LogP contribution in [0, 0.1) is 0 Å². The second-order valence-electron chi connectivity index (χ2n) is 3.40. The van der Waals surface area contributed by atoms with Gasteiger partial charge in [-0.3, -0.25) is 9.55 Å². The Bertz CT molecular complexity index is 482. The van der Waals surface area contributed by atoms with Crippen LogP contribution in [-0.4, -0.2) is 32.7 Å². The Morgan fingerprint density at radius 1 is 1.41 bits per heavy atom. The Labute approximate surface area is 99.5 Å². The Balaban J connectivity index is 2.31. The summed E-state index contributed by atoms with van der Waals surface area (Å²) in [6, 6.07) is 0. The van der Waals surface area contributed by atoms with E-state index >= 15 is 0 Å². The molecule has 6 heteroatoms. The van der Waals surface area contributed by atoms with E-state index in [0.717, 1.165) is 5.82 Å². The van der Waals surface area contributed by atoms with Crippen LogP contribution in [-0.2, 0) is 6.42 Å². The van der Waals surface area contributed by atoms with Crippen LogP contribution in [0.25, 0.3) is 5.82 Å². The molecule has 2 N–H and O–H groups in total. The first kappa shape index (κ1) is 11.5. The lowest BCUT2D eigenvalue weighted by Gasteiger charge is -2.07. The van der Waals surface area contributed by atoms with Gasteiger partial charge in [-0.05, 0) is 13.5 Å². The van der Waals surface area contributed by atoms with E-state index in [1.54, 1.807) is 18.6 Å². The standard InChI is InChI=1S/C11H15N5O/c1-2-17-11-8-13-7-10(15-11)16-6-5-14-9(16)3-4-12/h5-8H,2-4,12H2,1H3. The molecule has 0 aliphatic carbocycles. The fourth-order valence-electron chi connectivity index (χ4n) is 1.53. The van der Waals surface area contributed by atoms with E-state index in [-0.39, 0.29) is 0 Å². The van der Waals surface area contributed by atoms with E-state index in [0.29, 0.717) is 31.3 Å². The van der Waals surface area contributed by atoms with Crippen molar-refractivity contribution in [3.63, 3.8) is 0 Å². The van der Waals surface area contributed by atoms with Gasteiger partial charge in [-0.15, -0.1) is 0 Å². The van der Waals surface area contributed by atoms with Gasteiger partial charge in [-0.2, -0.15) is 4.98 Å². The zero-order chi connectivity index (χ0) is 12.1. The van der Waals surface area contributed by atoms with Crippen LogP contribution in [0.5, 0.6) is 5.88 Å². The normalized spacial score (nSPS) is 10.5. The molecule has 0 radical (unpaired) electrons. The van der Waals surface area contributed by atoms with Gasteiger partial charge in [-0.1, -0.05) is 0 Å². The van der Waals surface area contributed by atoms with E-state index in [1.165, 1.54) is 0 Å². The van der Waals surface area contributed by atoms with Gasteiger partial charge in [0.15, 0.2) is 5.82 Å². The summed E-state index contributed by atoms with van der Waals surface area (Å²) in [5.41, 5.74) is 5.53. The van der Waals surface area contributed by atoms with E-state index in [9.17, 15) is 0 Å². The highest BCUT2D eigenvalue weighted by atomic mass is 16.5. The molecule has 0 saturated heterocycles. The molecule has 2 rings (SSSR count). The molecular weight excluding hydrogens is 218 g/mol. The molecular formula is C11H15N5O. The van der Waals surface area contributed by atoms with Gasteiger partial charge in [-0.25, -0.2) is 4.98 Å². The minimum Gasteiger partial charge on any atom is -0.477 e. The van der Waals surface area contributed by atoms with Crippen molar-refractivity contribution < 1.29 is 4.74 Å². The monoisotopic (exact) mass is 233 g/mol. The van der Waals surface area contributed by atoms with Crippen molar-refractivity contribution in [3.8, 4) is 11.7 Å². The molecule has 0 spiro atoms. The summed E-state index contributed by atoms with van der Waals surface area (Å²) in [7, 11) is 0. The van der Waals surface area contributed by atoms with Crippen molar-refractivity contribution in [2.45, 2.75) is 13.3 Å². The van der Waals surface area contributed by atoms with Gasteiger partial charge in [0.1, 0.15) is 5.82 Å². The summed E-state index contributed by atoms with van der Waals surface area (Å²) in [5, 5.41) is 0. The molecule has 0 aliphatic rings. The molecule has 0 fully saturated rings. The van der Waals surface area contributed by atoms with Crippen molar-refractivity contribution in [1.29, 1.82) is 0 Å². The van der Waals surface area contributed by atoms with Gasteiger partial charge in [0.2, 0.25) is 5.88 Å². The average Bonchev–Trinajstić information content (AvgIpc) is 2.79. The summed E-state index contributed by atoms with van der Waals surface area (Å²) in [6.45, 7) is 3.03. The molecule has 0 atom stereocenters. The molecule has 17 heavy (non-hydrogen) atoms. The molecule has 0 aromatic carbocycles. The summed E-state index contributed by atoms with van der Waals surface area (Å²) < 4.78 is 7.18. The minimum absolute atomic E-state index is 0.511. The third-order valence-electron chi connectivity index (χ3n) is 2.22. The maximum absolute atomic E-state index is 5.53. The lowest BCUT2D eigenvalue weighted by Crippen LogP contribution is -2.10. The number of nitrogens with zero attached hydrogens (tertiary/aromatic N) is 4. The summed E-state index contributed by atoms with van der Waals surface area (Å²) in [5.74, 6) is 2.07. The molecule has 0 amide bonds. The van der Waals surface area contributed by atoms with E-state index in [4.69, 9.17) is 10.5 Å². The maximum Gasteiger partial charge on any atom is 0.234 e. The Morgan fingerprint density at radius 3 is 3.06 bits per heavy atom. The summed E-state index contributed by atoms with van der Waals surface area (Å²) in [4.78, 5) is 12.7. The number of aromatic nitrogens is 4. The fourth-order valence-corrected chi connectivity index (χ4v) is 1.53. The zero-order valence-electron chi connectivity index (χ0n) is 9.71. The molecule has 0 unspecified atom stereocenters. The van der Waals surface area contributed by atoms with Gasteiger partial charge >= 0.3 is 0 Å². The third-order valence-corrected chi connectivity index (χ3v) is 2.22. The largest absolute Gasteiger partial charge is 0.477 e. The molecule has 0 saturated carbocycles. The van der Waals surface area contributed by atoms with Crippen LogP contribution in [0.1, 0.15) is 12.7 Å². The number of ether oxygens (including phenoxy) is 1. The Morgan fingerprint density at radius 2 is 2.29 bits per heavy atom. The third kappa shape index (κ3) is 2.59. The van der Waals surface area contributed by atoms with Crippen LogP contribution in [0.2, 0.25) is 0 Å². The number of hydrogen-bond acceptors (Lipinski definition) is 5. The SMILES string of the molecule is CCOc1cncc(-n2ccnc2CCN)n1. The van der Waals surface area contributed by atoms with E-state index in [1.807, 2.05) is 17.7 Å². The van der Waals surface area contributed by atoms with Gasteiger partial charge in [0.25, 0.3) is 0 Å². The van der Waals surface area contributed by atoms with E-state index < -0.39 is 0 Å². The highest BCUT2D eigenvalue weighted by Gasteiger charge is 2.06. The van der Waals surface area contributed by atoms with E-state index in [2.05, 4.69) is 15.0 Å². The van der Waals surface area contributed by atoms with Crippen LogP contribution < -0.4 is 10.5 Å². The van der Waals surface area contributed by atoms with Crippen molar-refractivity contribution in [2.75, 3.05) is 13.2 Å². The van der Waals surface area contributed by atoms with Gasteiger partial charge in [0, 0.05) is 18.8 Å². The Hall–Kier alpha value is -1.95. The van der Waals surface area contributed by atoms with Crippen molar-refractivity contribution in [2.24, 2.45) is 5.73 Å². The maximum atomic E-state index is 5.53. The summed E-state index contributed by atoms with van der Waals surface area (Å²) in [6.07, 6.45) is 7.52. The fraction of sp³-hybridized carbons (Fsp3) is 0.364.